The Labute approximate surface area is 166 Å². The normalized spacial score (nSPS) is 13.2. The molecule has 1 aromatic carbocycles. The van der Waals surface area contributed by atoms with Crippen molar-refractivity contribution in [3.63, 3.8) is 0 Å². The largest absolute Gasteiger partial charge is 0.366 e. The van der Waals surface area contributed by atoms with Crippen LogP contribution in [-0.4, -0.2) is 21.0 Å². The van der Waals surface area contributed by atoms with E-state index in [0.29, 0.717) is 29.4 Å². The number of hydrogen-bond donors (Lipinski definition) is 1. The molecule has 0 spiro atoms. The second kappa shape index (κ2) is 6.91. The Hall–Kier alpha value is -2.93. The van der Waals surface area contributed by atoms with Crippen LogP contribution in [0, 0.1) is 24.0 Å². The average molecular weight is 399 g/mol. The molecule has 0 bridgehead atoms. The molecule has 28 heavy (non-hydrogen) atoms. The van der Waals surface area contributed by atoms with E-state index in [1.54, 1.807) is 0 Å². The molecule has 0 unspecified atom stereocenters. The molecule has 0 saturated heterocycles. The van der Waals surface area contributed by atoms with Crippen LogP contribution < -0.4 is 10.9 Å². The van der Waals surface area contributed by atoms with E-state index in [2.05, 4.69) is 10.3 Å². The number of aromatic nitrogens is 2. The van der Waals surface area contributed by atoms with Gasteiger partial charge in [-0.25, -0.2) is 4.98 Å². The van der Waals surface area contributed by atoms with Crippen molar-refractivity contribution in [2.24, 2.45) is 0 Å². The number of fused-ring (bicyclic) bond motifs is 2. The number of rotatable bonds is 3. The maximum atomic E-state index is 12.9. The number of aryl methyl sites for hydroxylation is 2. The summed E-state index contributed by atoms with van der Waals surface area (Å²) >= 11 is 6.41. The van der Waals surface area contributed by atoms with E-state index in [4.69, 9.17) is 11.6 Å². The Balaban J connectivity index is 1.84. The van der Waals surface area contributed by atoms with E-state index in [1.807, 2.05) is 32.0 Å². The molecule has 7 nitrogen and oxygen atoms in total. The molecular weight excluding hydrogens is 380 g/mol. The Kier molecular flexibility index (Phi) is 4.55. The summed E-state index contributed by atoms with van der Waals surface area (Å²) in [6.07, 6.45) is 0.930. The highest BCUT2D eigenvalue weighted by Gasteiger charge is 2.25. The molecule has 1 aliphatic heterocycles. The molecule has 3 heterocycles. The standard InChI is InChI=1S/C20H19ClN4O3/c1-11-4-5-13-8-14(18(21)23-17(13)12(11)2)9-15-10-16(25(27)28)19-22-6-3-7-24(19)20(15)26/h4-5,8,10,22H,3,6-7,9H2,1-2H3. The highest BCUT2D eigenvalue weighted by molar-refractivity contribution is 6.30. The number of nitro groups is 1. The van der Waals surface area contributed by atoms with Crippen LogP contribution in [0.5, 0.6) is 0 Å². The monoisotopic (exact) mass is 398 g/mol. The van der Waals surface area contributed by atoms with Crippen LogP contribution in [-0.2, 0) is 13.0 Å². The molecule has 144 valence electrons. The molecule has 1 N–H and O–H groups in total. The predicted molar refractivity (Wildman–Crippen MR) is 109 cm³/mol. The molecule has 1 aliphatic rings. The summed E-state index contributed by atoms with van der Waals surface area (Å²) in [6, 6.07) is 7.25. The van der Waals surface area contributed by atoms with Gasteiger partial charge in [0.1, 0.15) is 5.15 Å². The Morgan fingerprint density at radius 3 is 2.82 bits per heavy atom. The SMILES string of the molecule is Cc1ccc2cc(Cc3cc([N+](=O)[O-])c4n(c3=O)CCCN4)c(Cl)nc2c1C. The number of nitrogens with zero attached hydrogens (tertiary/aromatic N) is 3. The average Bonchev–Trinajstić information content (AvgIpc) is 2.68. The van der Waals surface area contributed by atoms with E-state index >= 15 is 0 Å². The van der Waals surface area contributed by atoms with Gasteiger partial charge in [0, 0.05) is 36.5 Å². The van der Waals surface area contributed by atoms with E-state index in [9.17, 15) is 14.9 Å². The summed E-state index contributed by atoms with van der Waals surface area (Å²) in [5.41, 5.74) is 3.70. The van der Waals surface area contributed by atoms with Gasteiger partial charge in [0.15, 0.2) is 5.82 Å². The summed E-state index contributed by atoms with van der Waals surface area (Å²) in [5, 5.41) is 15.7. The second-order valence-electron chi connectivity index (χ2n) is 7.09. The zero-order valence-corrected chi connectivity index (χ0v) is 16.3. The van der Waals surface area contributed by atoms with Gasteiger partial charge in [0.2, 0.25) is 0 Å². The van der Waals surface area contributed by atoms with Gasteiger partial charge in [-0.1, -0.05) is 23.7 Å². The van der Waals surface area contributed by atoms with E-state index in [1.165, 1.54) is 10.6 Å². The number of nitrogens with one attached hydrogen (secondary N) is 1. The molecule has 0 saturated carbocycles. The van der Waals surface area contributed by atoms with Crippen molar-refractivity contribution in [2.45, 2.75) is 33.2 Å². The van der Waals surface area contributed by atoms with E-state index in [0.717, 1.165) is 28.5 Å². The second-order valence-corrected chi connectivity index (χ2v) is 7.45. The summed E-state index contributed by atoms with van der Waals surface area (Å²) in [5.74, 6) is 0.277. The minimum atomic E-state index is -0.459. The van der Waals surface area contributed by atoms with Crippen molar-refractivity contribution < 1.29 is 4.92 Å². The summed E-state index contributed by atoms with van der Waals surface area (Å²) in [6.45, 7) is 5.07. The van der Waals surface area contributed by atoms with Gasteiger partial charge in [-0.2, -0.15) is 0 Å². The lowest BCUT2D eigenvalue weighted by molar-refractivity contribution is -0.384. The fourth-order valence-electron chi connectivity index (χ4n) is 3.65. The number of benzene rings is 1. The Morgan fingerprint density at radius 1 is 1.29 bits per heavy atom. The maximum absolute atomic E-state index is 12.9. The minimum absolute atomic E-state index is 0.0920. The molecule has 0 radical (unpaired) electrons. The van der Waals surface area contributed by atoms with Crippen molar-refractivity contribution in [1.82, 2.24) is 9.55 Å². The lowest BCUT2D eigenvalue weighted by Gasteiger charge is -2.20. The Bertz CT molecular complexity index is 1190. The van der Waals surface area contributed by atoms with Gasteiger partial charge < -0.3 is 5.32 Å². The first-order valence-corrected chi connectivity index (χ1v) is 9.45. The number of pyridine rings is 2. The lowest BCUT2D eigenvalue weighted by atomic mass is 10.0. The topological polar surface area (TPSA) is 90.1 Å². The fraction of sp³-hybridized carbons (Fsp3) is 0.300. The molecule has 0 fully saturated rings. The van der Waals surface area contributed by atoms with Crippen LogP contribution in [0.2, 0.25) is 5.15 Å². The van der Waals surface area contributed by atoms with Crippen LogP contribution in [0.1, 0.15) is 28.7 Å². The van der Waals surface area contributed by atoms with Crippen LogP contribution >= 0.6 is 11.6 Å². The fourth-order valence-corrected chi connectivity index (χ4v) is 3.86. The smallest absolute Gasteiger partial charge is 0.310 e. The van der Waals surface area contributed by atoms with Crippen LogP contribution in [0.3, 0.4) is 0 Å². The number of anilines is 1. The van der Waals surface area contributed by atoms with Crippen molar-refractivity contribution >= 4 is 34.0 Å². The van der Waals surface area contributed by atoms with Crippen LogP contribution in [0.15, 0.2) is 29.1 Å². The molecule has 3 aromatic rings. The first kappa shape index (κ1) is 18.4. The van der Waals surface area contributed by atoms with Crippen LogP contribution in [0.4, 0.5) is 11.5 Å². The molecule has 8 heteroatoms. The van der Waals surface area contributed by atoms with Gasteiger partial charge in [-0.15, -0.1) is 0 Å². The van der Waals surface area contributed by atoms with Crippen molar-refractivity contribution in [3.05, 3.63) is 72.1 Å². The minimum Gasteiger partial charge on any atom is -0.366 e. The third-order valence-electron chi connectivity index (χ3n) is 5.31. The highest BCUT2D eigenvalue weighted by Crippen LogP contribution is 2.29. The summed E-state index contributed by atoms with van der Waals surface area (Å²) in [4.78, 5) is 28.5. The van der Waals surface area contributed by atoms with Gasteiger partial charge in [-0.05, 0) is 43.0 Å². The zero-order valence-electron chi connectivity index (χ0n) is 15.6. The third-order valence-corrected chi connectivity index (χ3v) is 5.64. The zero-order chi connectivity index (χ0) is 20.0. The Morgan fingerprint density at radius 2 is 2.07 bits per heavy atom. The molecule has 0 atom stereocenters. The number of halogens is 1. The van der Waals surface area contributed by atoms with Crippen molar-refractivity contribution in [1.29, 1.82) is 0 Å². The lowest BCUT2D eigenvalue weighted by Crippen LogP contribution is -2.32. The van der Waals surface area contributed by atoms with Crippen LogP contribution in [0.25, 0.3) is 10.9 Å². The van der Waals surface area contributed by atoms with Gasteiger partial charge >= 0.3 is 5.69 Å². The molecule has 0 aliphatic carbocycles. The van der Waals surface area contributed by atoms with Gasteiger partial charge in [0.05, 0.1) is 10.4 Å². The predicted octanol–water partition coefficient (Wildman–Crippen LogP) is 3.98. The molecule has 0 amide bonds. The highest BCUT2D eigenvalue weighted by atomic mass is 35.5. The van der Waals surface area contributed by atoms with Gasteiger partial charge in [0.25, 0.3) is 5.56 Å². The van der Waals surface area contributed by atoms with E-state index < -0.39 is 4.92 Å². The molecular formula is C20H19ClN4O3. The first-order chi connectivity index (χ1) is 13.4. The maximum Gasteiger partial charge on any atom is 0.310 e. The first-order valence-electron chi connectivity index (χ1n) is 9.07. The number of hydrogen-bond acceptors (Lipinski definition) is 5. The van der Waals surface area contributed by atoms with Crippen molar-refractivity contribution in [3.8, 4) is 0 Å². The third kappa shape index (κ3) is 3.01. The summed E-state index contributed by atoms with van der Waals surface area (Å²) in [7, 11) is 0. The summed E-state index contributed by atoms with van der Waals surface area (Å²) < 4.78 is 1.45. The van der Waals surface area contributed by atoms with Crippen molar-refractivity contribution in [2.75, 3.05) is 11.9 Å². The van der Waals surface area contributed by atoms with E-state index in [-0.39, 0.29) is 23.5 Å². The quantitative estimate of drug-likeness (QED) is 0.409. The molecule has 4 rings (SSSR count). The van der Waals surface area contributed by atoms with Gasteiger partial charge in [-0.3, -0.25) is 19.5 Å². The molecule has 2 aromatic heterocycles.